The van der Waals surface area contributed by atoms with Crippen LogP contribution in [0.4, 0.5) is 0 Å². The van der Waals surface area contributed by atoms with E-state index < -0.39 is 0 Å². The van der Waals surface area contributed by atoms with Gasteiger partial charge in [0.05, 0.1) is 24.4 Å². The van der Waals surface area contributed by atoms with Crippen LogP contribution in [0.5, 0.6) is 11.5 Å². The first-order valence-corrected chi connectivity index (χ1v) is 19.0. The van der Waals surface area contributed by atoms with Crippen LogP contribution in [0.15, 0.2) is 114 Å². The summed E-state index contributed by atoms with van der Waals surface area (Å²) in [5, 5.41) is 8.29. The van der Waals surface area contributed by atoms with Crippen LogP contribution in [0.3, 0.4) is 0 Å². The van der Waals surface area contributed by atoms with Crippen molar-refractivity contribution in [1.82, 2.24) is 23.8 Å². The number of benzene rings is 4. The van der Waals surface area contributed by atoms with Crippen LogP contribution in [0, 0.1) is 0 Å². The Morgan fingerprint density at radius 1 is 0.836 bits per heavy atom. The SMILES string of the molecule is CCOC(=O)c1c(CCCOc2cccc3ccccc23)c2cccc3c2n1CCCN(C)Cc1c-3c(COc2ccc(-n3ccccc3=O)cc2)nn1C. The number of carbonyl (C=O) groups excluding carboxylic acids is 1. The van der Waals surface area contributed by atoms with Crippen LogP contribution in [-0.4, -0.2) is 56.6 Å². The second-order valence-electron chi connectivity index (χ2n) is 14.0. The molecular weight excluding hydrogens is 691 g/mol. The van der Waals surface area contributed by atoms with Crippen LogP contribution >= 0.6 is 0 Å². The number of aryl methyl sites for hydroxylation is 3. The summed E-state index contributed by atoms with van der Waals surface area (Å²) in [4.78, 5) is 28.6. The molecule has 0 saturated heterocycles. The van der Waals surface area contributed by atoms with E-state index in [1.807, 2.05) is 73.3 Å². The summed E-state index contributed by atoms with van der Waals surface area (Å²) < 4.78 is 24.2. The van der Waals surface area contributed by atoms with Gasteiger partial charge in [-0.2, -0.15) is 5.10 Å². The maximum atomic E-state index is 13.9. The predicted molar refractivity (Wildman–Crippen MR) is 215 cm³/mol. The van der Waals surface area contributed by atoms with E-state index in [9.17, 15) is 9.59 Å². The Kier molecular flexibility index (Phi) is 10.2. The molecule has 0 fully saturated rings. The van der Waals surface area contributed by atoms with E-state index in [2.05, 4.69) is 52.9 Å². The fourth-order valence-corrected chi connectivity index (χ4v) is 7.89. The number of carbonyl (C=O) groups is 1. The maximum Gasteiger partial charge on any atom is 0.355 e. The van der Waals surface area contributed by atoms with Gasteiger partial charge in [-0.25, -0.2) is 4.79 Å². The third-order valence-corrected chi connectivity index (χ3v) is 10.4. The smallest absolute Gasteiger partial charge is 0.355 e. The number of para-hydroxylation sites is 1. The van der Waals surface area contributed by atoms with Crippen molar-refractivity contribution in [2.24, 2.45) is 7.05 Å². The second-order valence-corrected chi connectivity index (χ2v) is 14.0. The van der Waals surface area contributed by atoms with Crippen molar-refractivity contribution in [2.75, 3.05) is 26.8 Å². The number of pyridine rings is 1. The third kappa shape index (κ3) is 7.13. The highest BCUT2D eigenvalue weighted by molar-refractivity contribution is 6.05. The number of rotatable bonds is 11. The van der Waals surface area contributed by atoms with Crippen LogP contribution in [0.1, 0.15) is 47.2 Å². The fourth-order valence-electron chi connectivity index (χ4n) is 7.89. The molecule has 8 rings (SSSR count). The Bertz CT molecular complexity index is 2540. The molecule has 0 amide bonds. The van der Waals surface area contributed by atoms with E-state index in [1.165, 1.54) is 0 Å². The lowest BCUT2D eigenvalue weighted by Gasteiger charge is -2.22. The molecule has 0 bridgehead atoms. The van der Waals surface area contributed by atoms with Gasteiger partial charge in [0.2, 0.25) is 0 Å². The lowest BCUT2D eigenvalue weighted by molar-refractivity contribution is 0.0512. The molecule has 3 aromatic heterocycles. The van der Waals surface area contributed by atoms with Crippen molar-refractivity contribution in [3.05, 3.63) is 142 Å². The van der Waals surface area contributed by atoms with Gasteiger partial charge in [-0.05, 0) is 87.1 Å². The standard InChI is InChI=1S/C45H45N5O5/c1-4-53-45(52)44-36(18-11-28-54-40-19-9-14-31-13-5-6-15-34(31)40)35-16-10-17-37-42-38(46-48(3)39(42)29-47(2)25-12-27-50(44)43(35)37)30-55-33-23-21-32(22-24-33)49-26-8-7-20-41(49)51/h5-10,13-17,19-24,26H,4,11-12,18,25,27-30H2,1-3H3. The quantitative estimate of drug-likeness (QED) is 0.0984. The van der Waals surface area contributed by atoms with Gasteiger partial charge in [0.15, 0.2) is 0 Å². The number of nitrogens with zero attached hydrogens (tertiary/aromatic N) is 5. The molecule has 4 aromatic carbocycles. The molecule has 55 heavy (non-hydrogen) atoms. The number of hydrogen-bond donors (Lipinski definition) is 0. The third-order valence-electron chi connectivity index (χ3n) is 10.4. The van der Waals surface area contributed by atoms with Gasteiger partial charge in [-0.1, -0.05) is 60.7 Å². The topological polar surface area (TPSA) is 92.8 Å². The summed E-state index contributed by atoms with van der Waals surface area (Å²) in [5.74, 6) is 1.22. The minimum Gasteiger partial charge on any atom is -0.493 e. The molecule has 0 unspecified atom stereocenters. The molecule has 0 radical (unpaired) electrons. The van der Waals surface area contributed by atoms with Crippen molar-refractivity contribution in [3.8, 4) is 28.3 Å². The van der Waals surface area contributed by atoms with Crippen molar-refractivity contribution in [3.63, 3.8) is 0 Å². The Labute approximate surface area is 320 Å². The molecule has 0 saturated carbocycles. The molecule has 0 N–H and O–H groups in total. The van der Waals surface area contributed by atoms with E-state index >= 15 is 0 Å². The second kappa shape index (κ2) is 15.7. The minimum absolute atomic E-state index is 0.0950. The van der Waals surface area contributed by atoms with Gasteiger partial charge in [0, 0.05) is 60.0 Å². The molecule has 0 atom stereocenters. The highest BCUT2D eigenvalue weighted by Gasteiger charge is 2.29. The normalized spacial score (nSPS) is 13.1. The van der Waals surface area contributed by atoms with Crippen molar-refractivity contribution in [1.29, 1.82) is 0 Å². The summed E-state index contributed by atoms with van der Waals surface area (Å²) in [6.07, 6.45) is 3.98. The molecule has 1 aliphatic heterocycles. The van der Waals surface area contributed by atoms with E-state index in [4.69, 9.17) is 19.3 Å². The van der Waals surface area contributed by atoms with Crippen LogP contribution in [0.2, 0.25) is 0 Å². The highest BCUT2D eigenvalue weighted by Crippen LogP contribution is 2.40. The zero-order valence-corrected chi connectivity index (χ0v) is 31.5. The average Bonchev–Trinajstić information content (AvgIpc) is 3.69. The van der Waals surface area contributed by atoms with Gasteiger partial charge >= 0.3 is 5.97 Å². The number of ether oxygens (including phenoxy) is 3. The predicted octanol–water partition coefficient (Wildman–Crippen LogP) is 7.95. The number of hydrogen-bond acceptors (Lipinski definition) is 7. The Morgan fingerprint density at radius 2 is 1.62 bits per heavy atom. The first kappa shape index (κ1) is 35.9. The van der Waals surface area contributed by atoms with E-state index in [1.54, 1.807) is 22.9 Å². The monoisotopic (exact) mass is 735 g/mol. The Balaban J connectivity index is 1.16. The summed E-state index contributed by atoms with van der Waals surface area (Å²) >= 11 is 0. The van der Waals surface area contributed by atoms with Crippen molar-refractivity contribution in [2.45, 2.75) is 45.9 Å². The molecule has 1 aliphatic rings. The first-order valence-electron chi connectivity index (χ1n) is 19.0. The minimum atomic E-state index is -0.309. The number of fused-ring (bicyclic) bond motifs is 3. The zero-order valence-electron chi connectivity index (χ0n) is 31.5. The zero-order chi connectivity index (χ0) is 37.9. The van der Waals surface area contributed by atoms with Crippen LogP contribution in [0.25, 0.3) is 38.5 Å². The molecule has 4 heterocycles. The van der Waals surface area contributed by atoms with E-state index in [0.29, 0.717) is 37.6 Å². The van der Waals surface area contributed by atoms with Gasteiger partial charge in [-0.15, -0.1) is 0 Å². The summed E-state index contributed by atoms with van der Waals surface area (Å²) in [5.41, 5.74) is 7.16. The number of esters is 1. The Morgan fingerprint density at radius 3 is 2.45 bits per heavy atom. The van der Waals surface area contributed by atoms with Crippen LogP contribution in [-0.2, 0) is 37.9 Å². The van der Waals surface area contributed by atoms with Crippen LogP contribution < -0.4 is 15.0 Å². The molecule has 10 nitrogen and oxygen atoms in total. The van der Waals surface area contributed by atoms with Crippen molar-refractivity contribution < 1.29 is 19.0 Å². The van der Waals surface area contributed by atoms with Gasteiger partial charge < -0.3 is 23.7 Å². The molecule has 7 aromatic rings. The lowest BCUT2D eigenvalue weighted by Crippen LogP contribution is -2.24. The summed E-state index contributed by atoms with van der Waals surface area (Å²) in [7, 11) is 4.11. The highest BCUT2D eigenvalue weighted by atomic mass is 16.5. The van der Waals surface area contributed by atoms with Gasteiger partial charge in [-0.3, -0.25) is 14.0 Å². The molecule has 10 heteroatoms. The molecule has 0 spiro atoms. The van der Waals surface area contributed by atoms with E-state index in [-0.39, 0.29) is 24.7 Å². The number of aromatic nitrogens is 4. The molecule has 0 aliphatic carbocycles. The molecule has 280 valence electrons. The average molecular weight is 736 g/mol. The fraction of sp³-hybridized carbons (Fsp3) is 0.267. The first-order chi connectivity index (χ1) is 26.9. The van der Waals surface area contributed by atoms with Gasteiger partial charge in [0.25, 0.3) is 5.56 Å². The summed E-state index contributed by atoms with van der Waals surface area (Å²) in [6.45, 7) is 5.09. The van der Waals surface area contributed by atoms with Crippen molar-refractivity contribution >= 4 is 27.6 Å². The lowest BCUT2D eigenvalue weighted by atomic mass is 9.97. The Hall–Kier alpha value is -6.13. The van der Waals surface area contributed by atoms with Gasteiger partial charge in [0.1, 0.15) is 29.5 Å². The van der Waals surface area contributed by atoms with E-state index in [0.717, 1.165) is 80.6 Å². The summed E-state index contributed by atoms with van der Waals surface area (Å²) in [6, 6.07) is 33.3. The largest absolute Gasteiger partial charge is 0.493 e. The maximum absolute atomic E-state index is 13.9. The molecular formula is C45H45N5O5.